The summed E-state index contributed by atoms with van der Waals surface area (Å²) in [6.45, 7) is 4.09. The van der Waals surface area contributed by atoms with Gasteiger partial charge in [0.15, 0.2) is 6.61 Å². The van der Waals surface area contributed by atoms with Gasteiger partial charge in [0.25, 0.3) is 5.91 Å². The number of amides is 1. The molecule has 5 nitrogen and oxygen atoms in total. The maximum atomic E-state index is 11.9. The van der Waals surface area contributed by atoms with Crippen LogP contribution in [-0.2, 0) is 4.79 Å². The lowest BCUT2D eigenvalue weighted by molar-refractivity contribution is -0.118. The first-order chi connectivity index (χ1) is 10.1. The van der Waals surface area contributed by atoms with Crippen molar-refractivity contribution in [2.75, 3.05) is 11.9 Å². The van der Waals surface area contributed by atoms with E-state index in [1.54, 1.807) is 23.0 Å². The Labute approximate surface area is 132 Å². The molecule has 0 aliphatic rings. The number of hydrogen-bond acceptors (Lipinski definition) is 3. The fourth-order valence-corrected chi connectivity index (χ4v) is 2.20. The molecule has 0 aliphatic heterocycles. The number of benzene rings is 1. The van der Waals surface area contributed by atoms with Gasteiger partial charge in [-0.1, -0.05) is 28.9 Å². The van der Waals surface area contributed by atoms with Gasteiger partial charge in [0.2, 0.25) is 0 Å². The fourth-order valence-electron chi connectivity index (χ4n) is 1.82. The molecule has 1 amide bonds. The monoisotopic (exact) mass is 351 g/mol. The topological polar surface area (TPSA) is 56.2 Å². The quantitative estimate of drug-likeness (QED) is 0.864. The molecule has 2 aromatic rings. The molecule has 1 aromatic carbocycles. The van der Waals surface area contributed by atoms with Crippen molar-refractivity contribution in [3.8, 4) is 5.75 Å². The molecule has 0 saturated carbocycles. The molecule has 1 aromatic heterocycles. The molecule has 2 rings (SSSR count). The molecular formula is C15H18BrN3O2. The molecule has 0 unspecified atom stereocenters. The first kappa shape index (κ1) is 15.6. The molecule has 0 saturated heterocycles. The van der Waals surface area contributed by atoms with Crippen molar-refractivity contribution in [1.82, 2.24) is 9.78 Å². The van der Waals surface area contributed by atoms with Crippen molar-refractivity contribution in [3.05, 3.63) is 41.0 Å². The van der Waals surface area contributed by atoms with Crippen LogP contribution in [0.5, 0.6) is 5.75 Å². The molecule has 0 fully saturated rings. The van der Waals surface area contributed by atoms with Gasteiger partial charge in [0.1, 0.15) is 11.6 Å². The molecule has 1 N–H and O–H groups in total. The highest BCUT2D eigenvalue weighted by Crippen LogP contribution is 2.18. The molecule has 112 valence electrons. The predicted octanol–water partition coefficient (Wildman–Crippen LogP) is 3.63. The van der Waals surface area contributed by atoms with E-state index in [1.165, 1.54) is 0 Å². The van der Waals surface area contributed by atoms with Crippen molar-refractivity contribution in [3.63, 3.8) is 0 Å². The van der Waals surface area contributed by atoms with Crippen molar-refractivity contribution < 1.29 is 9.53 Å². The third kappa shape index (κ3) is 4.32. The highest BCUT2D eigenvalue weighted by molar-refractivity contribution is 9.10. The fraction of sp³-hybridized carbons (Fsp3) is 0.333. The van der Waals surface area contributed by atoms with Crippen LogP contribution in [0.25, 0.3) is 0 Å². The van der Waals surface area contributed by atoms with E-state index in [-0.39, 0.29) is 18.6 Å². The van der Waals surface area contributed by atoms with Gasteiger partial charge >= 0.3 is 0 Å². The van der Waals surface area contributed by atoms with Crippen LogP contribution in [0.4, 0.5) is 5.82 Å². The second-order valence-electron chi connectivity index (χ2n) is 4.71. The second-order valence-corrected chi connectivity index (χ2v) is 5.63. The summed E-state index contributed by atoms with van der Waals surface area (Å²) in [5.41, 5.74) is 0. The highest BCUT2D eigenvalue weighted by atomic mass is 79.9. The first-order valence-electron chi connectivity index (χ1n) is 6.82. The molecule has 1 heterocycles. The lowest BCUT2D eigenvalue weighted by Crippen LogP contribution is -2.22. The number of rotatable bonds is 6. The van der Waals surface area contributed by atoms with Gasteiger partial charge in [-0.25, -0.2) is 4.68 Å². The number of hydrogen-bond donors (Lipinski definition) is 1. The second kappa shape index (κ2) is 7.26. The zero-order chi connectivity index (χ0) is 15.2. The molecular weight excluding hydrogens is 334 g/mol. The van der Waals surface area contributed by atoms with E-state index in [0.717, 1.165) is 10.9 Å². The van der Waals surface area contributed by atoms with Crippen LogP contribution in [0, 0.1) is 0 Å². The number of nitrogens with zero attached hydrogens (tertiary/aromatic N) is 2. The third-order valence-corrected chi connectivity index (χ3v) is 3.61. The molecule has 0 spiro atoms. The zero-order valence-electron chi connectivity index (χ0n) is 12.0. The maximum Gasteiger partial charge on any atom is 0.263 e. The Morgan fingerprint density at radius 3 is 3.00 bits per heavy atom. The van der Waals surface area contributed by atoms with Crippen LogP contribution < -0.4 is 10.1 Å². The van der Waals surface area contributed by atoms with Crippen molar-refractivity contribution in [1.29, 1.82) is 0 Å². The third-order valence-electron chi connectivity index (χ3n) is 3.11. The number of nitrogens with one attached hydrogen (secondary N) is 1. The number of aromatic nitrogens is 2. The lowest BCUT2D eigenvalue weighted by atomic mass is 10.3. The maximum absolute atomic E-state index is 11.9. The van der Waals surface area contributed by atoms with Gasteiger partial charge in [-0.05, 0) is 31.5 Å². The van der Waals surface area contributed by atoms with Crippen LogP contribution >= 0.6 is 15.9 Å². The van der Waals surface area contributed by atoms with Gasteiger partial charge in [-0.3, -0.25) is 4.79 Å². The number of ether oxygens (including phenoxy) is 1. The molecule has 0 aliphatic carbocycles. The smallest absolute Gasteiger partial charge is 0.263 e. The molecule has 6 heteroatoms. The minimum absolute atomic E-state index is 0.0395. The molecule has 1 atom stereocenters. The summed E-state index contributed by atoms with van der Waals surface area (Å²) in [6, 6.07) is 9.40. The predicted molar refractivity (Wildman–Crippen MR) is 85.5 cm³/mol. The Morgan fingerprint density at radius 2 is 2.29 bits per heavy atom. The van der Waals surface area contributed by atoms with Gasteiger partial charge in [-0.2, -0.15) is 5.10 Å². The van der Waals surface area contributed by atoms with E-state index in [2.05, 4.69) is 40.2 Å². The van der Waals surface area contributed by atoms with Crippen LogP contribution in [-0.4, -0.2) is 22.3 Å². The van der Waals surface area contributed by atoms with Gasteiger partial charge in [0, 0.05) is 10.5 Å². The van der Waals surface area contributed by atoms with Crippen molar-refractivity contribution >= 4 is 27.7 Å². The first-order valence-corrected chi connectivity index (χ1v) is 7.61. The van der Waals surface area contributed by atoms with E-state index in [9.17, 15) is 4.79 Å². The summed E-state index contributed by atoms with van der Waals surface area (Å²) in [6.07, 6.45) is 2.62. The SMILES string of the molecule is CC[C@@H](C)n1nccc1NC(=O)COc1cccc(Br)c1. The van der Waals surface area contributed by atoms with Crippen LogP contribution in [0.15, 0.2) is 41.0 Å². The molecule has 0 bridgehead atoms. The summed E-state index contributed by atoms with van der Waals surface area (Å²) in [5.74, 6) is 1.13. The summed E-state index contributed by atoms with van der Waals surface area (Å²) in [4.78, 5) is 11.9. The van der Waals surface area contributed by atoms with Crippen LogP contribution in [0.2, 0.25) is 0 Å². The Balaban J connectivity index is 1.92. The minimum Gasteiger partial charge on any atom is -0.484 e. The average Bonchev–Trinajstić information content (AvgIpc) is 2.92. The van der Waals surface area contributed by atoms with Crippen molar-refractivity contribution in [2.45, 2.75) is 26.3 Å². The lowest BCUT2D eigenvalue weighted by Gasteiger charge is -2.14. The summed E-state index contributed by atoms with van der Waals surface area (Å²) < 4.78 is 8.17. The minimum atomic E-state index is -0.208. The zero-order valence-corrected chi connectivity index (χ0v) is 13.6. The van der Waals surface area contributed by atoms with Gasteiger partial charge in [-0.15, -0.1) is 0 Å². The normalized spacial score (nSPS) is 12.0. The van der Waals surface area contributed by atoms with Crippen LogP contribution in [0.3, 0.4) is 0 Å². The Kier molecular flexibility index (Phi) is 5.38. The van der Waals surface area contributed by atoms with E-state index in [4.69, 9.17) is 4.74 Å². The molecule has 0 radical (unpaired) electrons. The Morgan fingerprint density at radius 1 is 1.48 bits per heavy atom. The average molecular weight is 352 g/mol. The van der Waals surface area contributed by atoms with E-state index >= 15 is 0 Å². The number of carbonyl (C=O) groups is 1. The molecule has 21 heavy (non-hydrogen) atoms. The van der Waals surface area contributed by atoms with Gasteiger partial charge in [0.05, 0.1) is 12.2 Å². The summed E-state index contributed by atoms with van der Waals surface area (Å²) in [5, 5.41) is 7.04. The summed E-state index contributed by atoms with van der Waals surface area (Å²) in [7, 11) is 0. The highest BCUT2D eigenvalue weighted by Gasteiger charge is 2.11. The van der Waals surface area contributed by atoms with Crippen molar-refractivity contribution in [2.24, 2.45) is 0 Å². The van der Waals surface area contributed by atoms with Crippen LogP contribution in [0.1, 0.15) is 26.3 Å². The standard InChI is InChI=1S/C15H18BrN3O2/c1-3-11(2)19-14(7-8-17-19)18-15(20)10-21-13-6-4-5-12(16)9-13/h4-9,11H,3,10H2,1-2H3,(H,18,20)/t11-/m1/s1. The van der Waals surface area contributed by atoms with Gasteiger partial charge < -0.3 is 10.1 Å². The van der Waals surface area contributed by atoms with E-state index < -0.39 is 0 Å². The number of carbonyl (C=O) groups excluding carboxylic acids is 1. The summed E-state index contributed by atoms with van der Waals surface area (Å²) >= 11 is 3.36. The van der Waals surface area contributed by atoms with E-state index in [1.807, 2.05) is 18.2 Å². The Bertz CT molecular complexity index is 612. The largest absolute Gasteiger partial charge is 0.484 e. The number of anilines is 1. The number of halogens is 1. The Hall–Kier alpha value is -1.82. The van der Waals surface area contributed by atoms with E-state index in [0.29, 0.717) is 11.6 Å².